The third kappa shape index (κ3) is 2.16. The number of carbonyl (C=O) groups is 3. The number of imide groups is 1. The minimum absolute atomic E-state index is 0.0985. The van der Waals surface area contributed by atoms with Gasteiger partial charge >= 0.3 is 6.03 Å². The van der Waals surface area contributed by atoms with Gasteiger partial charge in [0.15, 0.2) is 0 Å². The van der Waals surface area contributed by atoms with Gasteiger partial charge in [0, 0.05) is 19.3 Å². The molecule has 3 heterocycles. The summed E-state index contributed by atoms with van der Waals surface area (Å²) < 4.78 is 2.00. The number of carbonyl (C=O) groups excluding carboxylic acids is 3. The van der Waals surface area contributed by atoms with Gasteiger partial charge in [0.05, 0.1) is 18.6 Å². The Hall–Kier alpha value is -2.38. The van der Waals surface area contributed by atoms with Crippen LogP contribution in [0.3, 0.4) is 0 Å². The standard InChI is InChI=1S/C13H17N5O3/c1-13(2)11(20)15-12(21)18(13)7-10(19)16-3-4-17-8-14-5-9(17)6-16/h5,8H,3-4,6-7H2,1-2H3,(H,15,20,21). The monoisotopic (exact) mass is 291 g/mol. The molecule has 0 bridgehead atoms. The second-order valence-electron chi connectivity index (χ2n) is 5.80. The summed E-state index contributed by atoms with van der Waals surface area (Å²) in [6.45, 7) is 4.90. The van der Waals surface area contributed by atoms with Crippen molar-refractivity contribution in [1.82, 2.24) is 24.7 Å². The van der Waals surface area contributed by atoms with Crippen LogP contribution in [-0.4, -0.2) is 55.8 Å². The largest absolute Gasteiger partial charge is 0.333 e. The normalized spacial score (nSPS) is 20.5. The molecule has 0 radical (unpaired) electrons. The van der Waals surface area contributed by atoms with Gasteiger partial charge in [-0.1, -0.05) is 0 Å². The van der Waals surface area contributed by atoms with Crippen LogP contribution in [-0.2, 0) is 22.7 Å². The Balaban J connectivity index is 1.70. The number of urea groups is 1. The molecule has 3 rings (SSSR count). The molecule has 0 aromatic carbocycles. The molecule has 0 aliphatic carbocycles. The molecular formula is C13H17N5O3. The molecule has 8 nitrogen and oxygen atoms in total. The van der Waals surface area contributed by atoms with Crippen molar-refractivity contribution in [3.05, 3.63) is 18.2 Å². The van der Waals surface area contributed by atoms with E-state index in [0.29, 0.717) is 19.6 Å². The summed E-state index contributed by atoms with van der Waals surface area (Å²) in [5.74, 6) is -0.544. The van der Waals surface area contributed by atoms with E-state index in [2.05, 4.69) is 10.3 Å². The summed E-state index contributed by atoms with van der Waals surface area (Å²) in [4.78, 5) is 42.9. The van der Waals surface area contributed by atoms with Gasteiger partial charge in [0.25, 0.3) is 5.91 Å². The highest BCUT2D eigenvalue weighted by Gasteiger charge is 2.46. The van der Waals surface area contributed by atoms with E-state index >= 15 is 0 Å². The minimum Gasteiger partial charge on any atom is -0.333 e. The van der Waals surface area contributed by atoms with Gasteiger partial charge in [0.2, 0.25) is 5.91 Å². The van der Waals surface area contributed by atoms with Crippen molar-refractivity contribution in [2.45, 2.75) is 32.5 Å². The van der Waals surface area contributed by atoms with Crippen LogP contribution < -0.4 is 5.32 Å². The zero-order valence-corrected chi connectivity index (χ0v) is 12.0. The highest BCUT2D eigenvalue weighted by Crippen LogP contribution is 2.21. The SMILES string of the molecule is CC1(C)C(=O)NC(=O)N1CC(=O)N1CCn2cncc2C1. The molecule has 21 heavy (non-hydrogen) atoms. The van der Waals surface area contributed by atoms with Crippen molar-refractivity contribution >= 4 is 17.8 Å². The molecule has 1 fully saturated rings. The first-order valence-corrected chi connectivity index (χ1v) is 6.79. The Bertz CT molecular complexity index is 621. The topological polar surface area (TPSA) is 87.5 Å². The highest BCUT2D eigenvalue weighted by molar-refractivity contribution is 6.07. The Labute approximate surface area is 121 Å². The minimum atomic E-state index is -0.996. The van der Waals surface area contributed by atoms with Crippen molar-refractivity contribution in [1.29, 1.82) is 0 Å². The Morgan fingerprint density at radius 2 is 2.14 bits per heavy atom. The van der Waals surface area contributed by atoms with Gasteiger partial charge in [-0.25, -0.2) is 9.78 Å². The maximum Gasteiger partial charge on any atom is 0.325 e. The van der Waals surface area contributed by atoms with Crippen molar-refractivity contribution in [2.75, 3.05) is 13.1 Å². The van der Waals surface area contributed by atoms with Gasteiger partial charge in [-0.05, 0) is 13.8 Å². The van der Waals surface area contributed by atoms with Crippen LogP contribution in [0.2, 0.25) is 0 Å². The van der Waals surface area contributed by atoms with E-state index in [4.69, 9.17) is 0 Å². The van der Waals surface area contributed by atoms with E-state index in [1.807, 2.05) is 4.57 Å². The van der Waals surface area contributed by atoms with E-state index < -0.39 is 11.6 Å². The molecular weight excluding hydrogens is 274 g/mol. The summed E-state index contributed by atoms with van der Waals surface area (Å²) in [5.41, 5.74) is -0.0274. The number of fused-ring (bicyclic) bond motifs is 1. The van der Waals surface area contributed by atoms with E-state index in [9.17, 15) is 14.4 Å². The van der Waals surface area contributed by atoms with Gasteiger partial charge < -0.3 is 14.4 Å². The van der Waals surface area contributed by atoms with Crippen molar-refractivity contribution in [3.8, 4) is 0 Å². The molecule has 1 saturated heterocycles. The van der Waals surface area contributed by atoms with Gasteiger partial charge in [-0.15, -0.1) is 0 Å². The van der Waals surface area contributed by atoms with Crippen LogP contribution >= 0.6 is 0 Å². The van der Waals surface area contributed by atoms with E-state index in [-0.39, 0.29) is 18.4 Å². The number of hydrogen-bond acceptors (Lipinski definition) is 4. The fraction of sp³-hybridized carbons (Fsp3) is 0.538. The molecule has 0 spiro atoms. The fourth-order valence-electron chi connectivity index (χ4n) is 2.60. The van der Waals surface area contributed by atoms with Gasteiger partial charge in [-0.2, -0.15) is 0 Å². The third-order valence-corrected chi connectivity index (χ3v) is 4.10. The zero-order valence-electron chi connectivity index (χ0n) is 12.0. The lowest BCUT2D eigenvalue weighted by Crippen LogP contribution is -2.50. The van der Waals surface area contributed by atoms with Crippen molar-refractivity contribution < 1.29 is 14.4 Å². The van der Waals surface area contributed by atoms with E-state index in [0.717, 1.165) is 5.69 Å². The zero-order chi connectivity index (χ0) is 15.2. The van der Waals surface area contributed by atoms with Crippen LogP contribution in [0.15, 0.2) is 12.5 Å². The maximum absolute atomic E-state index is 12.4. The second-order valence-corrected chi connectivity index (χ2v) is 5.80. The predicted octanol–water partition coefficient (Wildman–Crippen LogP) is -0.444. The lowest BCUT2D eigenvalue weighted by atomic mass is 10.0. The second kappa shape index (κ2) is 4.57. The Morgan fingerprint density at radius 1 is 1.38 bits per heavy atom. The fourth-order valence-corrected chi connectivity index (χ4v) is 2.60. The van der Waals surface area contributed by atoms with Crippen LogP contribution in [0, 0.1) is 0 Å². The number of imidazole rings is 1. The summed E-state index contributed by atoms with van der Waals surface area (Å²) in [6.07, 6.45) is 3.47. The third-order valence-electron chi connectivity index (χ3n) is 4.10. The van der Waals surface area contributed by atoms with Crippen LogP contribution in [0.4, 0.5) is 4.79 Å². The quantitative estimate of drug-likeness (QED) is 0.748. The average Bonchev–Trinajstić information content (AvgIpc) is 2.97. The molecule has 4 amide bonds. The van der Waals surface area contributed by atoms with Crippen LogP contribution in [0.5, 0.6) is 0 Å². The molecule has 1 aromatic heterocycles. The molecule has 112 valence electrons. The number of nitrogens with zero attached hydrogens (tertiary/aromatic N) is 4. The molecule has 1 N–H and O–H groups in total. The Morgan fingerprint density at radius 3 is 2.81 bits per heavy atom. The lowest BCUT2D eigenvalue weighted by molar-refractivity contribution is -0.135. The van der Waals surface area contributed by atoms with Crippen LogP contribution in [0.25, 0.3) is 0 Å². The lowest BCUT2D eigenvalue weighted by Gasteiger charge is -2.32. The first kappa shape index (κ1) is 13.6. The molecule has 0 saturated carbocycles. The summed E-state index contributed by atoms with van der Waals surface area (Å²) in [7, 11) is 0. The number of hydrogen-bond donors (Lipinski definition) is 1. The van der Waals surface area contributed by atoms with Gasteiger partial charge in [-0.3, -0.25) is 14.9 Å². The molecule has 0 unspecified atom stereocenters. The summed E-state index contributed by atoms with van der Waals surface area (Å²) >= 11 is 0. The number of amides is 4. The van der Waals surface area contributed by atoms with E-state index in [1.54, 1.807) is 31.3 Å². The molecule has 1 aromatic rings. The summed E-state index contributed by atoms with van der Waals surface area (Å²) in [5, 5.41) is 2.24. The van der Waals surface area contributed by atoms with Crippen molar-refractivity contribution in [3.63, 3.8) is 0 Å². The Kier molecular flexibility index (Phi) is 2.96. The van der Waals surface area contributed by atoms with Crippen molar-refractivity contribution in [2.24, 2.45) is 0 Å². The molecule has 2 aliphatic heterocycles. The molecule has 2 aliphatic rings. The van der Waals surface area contributed by atoms with E-state index in [1.165, 1.54) is 4.90 Å². The predicted molar refractivity (Wildman–Crippen MR) is 72.0 cm³/mol. The molecule has 0 atom stereocenters. The number of nitrogens with one attached hydrogen (secondary N) is 1. The smallest absolute Gasteiger partial charge is 0.325 e. The van der Waals surface area contributed by atoms with Gasteiger partial charge in [0.1, 0.15) is 12.1 Å². The molecule has 8 heteroatoms. The average molecular weight is 291 g/mol. The number of aromatic nitrogens is 2. The highest BCUT2D eigenvalue weighted by atomic mass is 16.2. The first-order valence-electron chi connectivity index (χ1n) is 6.79. The van der Waals surface area contributed by atoms with Crippen LogP contribution in [0.1, 0.15) is 19.5 Å². The maximum atomic E-state index is 12.4. The summed E-state index contributed by atoms with van der Waals surface area (Å²) in [6, 6.07) is -0.514. The number of rotatable bonds is 2. The first-order chi connectivity index (χ1) is 9.89.